The number of carbonyl (C=O) groups excluding carboxylic acids is 2. The van der Waals surface area contributed by atoms with E-state index in [0.717, 1.165) is 15.9 Å². The number of hydrogen-bond donors (Lipinski definition) is 2. The molecule has 0 aliphatic carbocycles. The van der Waals surface area contributed by atoms with E-state index in [0.29, 0.717) is 23.0 Å². The third-order valence-corrected chi connectivity index (χ3v) is 4.04. The van der Waals surface area contributed by atoms with Crippen LogP contribution in [-0.2, 0) is 16.0 Å². The number of amides is 2. The van der Waals surface area contributed by atoms with Crippen molar-refractivity contribution in [3.63, 3.8) is 0 Å². The van der Waals surface area contributed by atoms with Gasteiger partial charge in [0.1, 0.15) is 0 Å². The second-order valence-electron chi connectivity index (χ2n) is 5.87. The van der Waals surface area contributed by atoms with E-state index in [1.54, 1.807) is 22.7 Å². The first-order valence-corrected chi connectivity index (χ1v) is 8.68. The molecule has 0 unspecified atom stereocenters. The van der Waals surface area contributed by atoms with Crippen LogP contribution >= 0.6 is 15.9 Å². The number of fused-ring (bicyclic) bond motifs is 1. The summed E-state index contributed by atoms with van der Waals surface area (Å²) >= 11 is 3.36. The molecule has 1 aromatic carbocycles. The minimum atomic E-state index is -0.292. The molecule has 0 atom stereocenters. The highest BCUT2D eigenvalue weighted by molar-refractivity contribution is 9.10. The Labute approximate surface area is 158 Å². The van der Waals surface area contributed by atoms with Crippen molar-refractivity contribution in [2.24, 2.45) is 0 Å². The average Bonchev–Trinajstić information content (AvgIpc) is 2.92. The van der Waals surface area contributed by atoms with Crippen molar-refractivity contribution in [1.82, 2.24) is 19.6 Å². The van der Waals surface area contributed by atoms with Gasteiger partial charge in [0.15, 0.2) is 5.82 Å². The van der Waals surface area contributed by atoms with E-state index in [-0.39, 0.29) is 18.2 Å². The van der Waals surface area contributed by atoms with Gasteiger partial charge in [-0.25, -0.2) is 9.50 Å². The summed E-state index contributed by atoms with van der Waals surface area (Å²) < 4.78 is 2.39. The van der Waals surface area contributed by atoms with E-state index in [4.69, 9.17) is 0 Å². The molecule has 2 heterocycles. The predicted molar refractivity (Wildman–Crippen MR) is 101 cm³/mol. The number of nitrogens with zero attached hydrogens (tertiary/aromatic N) is 4. The van der Waals surface area contributed by atoms with Gasteiger partial charge in [0.25, 0.3) is 5.78 Å². The minimum Gasteiger partial charge on any atom is -0.325 e. The summed E-state index contributed by atoms with van der Waals surface area (Å²) in [7, 11) is 0. The van der Waals surface area contributed by atoms with Gasteiger partial charge in [-0.15, -0.1) is 5.10 Å². The van der Waals surface area contributed by atoms with Crippen LogP contribution in [0.15, 0.2) is 28.7 Å². The quantitative estimate of drug-likeness (QED) is 0.680. The molecule has 0 fully saturated rings. The molecule has 3 rings (SSSR count). The monoisotopic (exact) mass is 416 g/mol. The summed E-state index contributed by atoms with van der Waals surface area (Å²) in [4.78, 5) is 32.3. The summed E-state index contributed by atoms with van der Waals surface area (Å²) in [6.07, 6.45) is -0.00608. The van der Waals surface area contributed by atoms with Crippen molar-refractivity contribution in [2.75, 3.05) is 10.6 Å². The van der Waals surface area contributed by atoms with Crippen LogP contribution in [0, 0.1) is 13.8 Å². The zero-order valence-electron chi connectivity index (χ0n) is 14.5. The normalized spacial score (nSPS) is 10.8. The largest absolute Gasteiger partial charge is 0.325 e. The van der Waals surface area contributed by atoms with Gasteiger partial charge < -0.3 is 10.6 Å². The maximum absolute atomic E-state index is 12.4. The standard InChI is InChI=1S/C17H17BrN6O2/c1-9-6-10(2)24-17(19-9)22-15(23-24)8-16(26)21-14-7-12(18)4-5-13(14)20-11(3)25/h4-7H,8H2,1-3H3,(H,20,25)(H,21,26). The molecule has 0 aliphatic heterocycles. The van der Waals surface area contributed by atoms with Gasteiger partial charge in [-0.05, 0) is 38.1 Å². The predicted octanol–water partition coefficient (Wildman–Crippen LogP) is 2.64. The smallest absolute Gasteiger partial charge is 0.252 e. The van der Waals surface area contributed by atoms with Gasteiger partial charge in [0, 0.05) is 22.8 Å². The Morgan fingerprint density at radius 3 is 2.62 bits per heavy atom. The molecule has 0 spiro atoms. The van der Waals surface area contributed by atoms with E-state index in [1.807, 2.05) is 19.9 Å². The van der Waals surface area contributed by atoms with E-state index < -0.39 is 0 Å². The molecule has 0 saturated heterocycles. The third kappa shape index (κ3) is 4.05. The molecule has 0 aliphatic rings. The summed E-state index contributed by atoms with van der Waals surface area (Å²) in [5.41, 5.74) is 2.75. The van der Waals surface area contributed by atoms with E-state index in [2.05, 4.69) is 41.6 Å². The molecule has 2 aromatic heterocycles. The molecule has 0 radical (unpaired) electrons. The van der Waals surface area contributed by atoms with Crippen molar-refractivity contribution in [1.29, 1.82) is 0 Å². The second kappa shape index (κ2) is 7.20. The van der Waals surface area contributed by atoms with Crippen LogP contribution in [0.5, 0.6) is 0 Å². The highest BCUT2D eigenvalue weighted by Gasteiger charge is 2.14. The van der Waals surface area contributed by atoms with Crippen molar-refractivity contribution in [2.45, 2.75) is 27.2 Å². The fourth-order valence-electron chi connectivity index (χ4n) is 2.54. The number of halogens is 1. The van der Waals surface area contributed by atoms with E-state index >= 15 is 0 Å². The SMILES string of the molecule is CC(=O)Nc1ccc(Br)cc1NC(=O)Cc1nc2nc(C)cc(C)n2n1. The minimum absolute atomic E-state index is 0.00608. The zero-order chi connectivity index (χ0) is 18.8. The van der Waals surface area contributed by atoms with Gasteiger partial charge in [0.05, 0.1) is 17.8 Å². The Morgan fingerprint density at radius 2 is 1.88 bits per heavy atom. The number of carbonyl (C=O) groups is 2. The molecule has 3 aromatic rings. The van der Waals surface area contributed by atoms with Gasteiger partial charge in [-0.1, -0.05) is 15.9 Å². The summed E-state index contributed by atoms with van der Waals surface area (Å²) in [5, 5.41) is 9.79. The van der Waals surface area contributed by atoms with E-state index in [9.17, 15) is 9.59 Å². The maximum atomic E-state index is 12.4. The van der Waals surface area contributed by atoms with Crippen LogP contribution in [0.2, 0.25) is 0 Å². The number of nitrogens with one attached hydrogen (secondary N) is 2. The first-order chi connectivity index (χ1) is 12.3. The zero-order valence-corrected chi connectivity index (χ0v) is 16.1. The Balaban J connectivity index is 1.80. The van der Waals surface area contributed by atoms with Gasteiger partial charge in [0.2, 0.25) is 11.8 Å². The molecule has 26 heavy (non-hydrogen) atoms. The lowest BCUT2D eigenvalue weighted by atomic mass is 10.2. The van der Waals surface area contributed by atoms with Crippen molar-refractivity contribution in [3.05, 3.63) is 46.0 Å². The first kappa shape index (κ1) is 18.0. The number of hydrogen-bond acceptors (Lipinski definition) is 5. The summed E-state index contributed by atoms with van der Waals surface area (Å²) in [5.74, 6) is 0.327. The Hall–Kier alpha value is -2.81. The van der Waals surface area contributed by atoms with Crippen LogP contribution in [0.1, 0.15) is 24.1 Å². The van der Waals surface area contributed by atoms with Crippen molar-refractivity contribution >= 4 is 44.9 Å². The number of benzene rings is 1. The second-order valence-corrected chi connectivity index (χ2v) is 6.79. The number of anilines is 2. The molecule has 0 saturated carbocycles. The summed E-state index contributed by atoms with van der Waals surface area (Å²) in [6.45, 7) is 5.19. The molecule has 134 valence electrons. The molecule has 2 amide bonds. The van der Waals surface area contributed by atoms with Crippen LogP contribution in [0.25, 0.3) is 5.78 Å². The van der Waals surface area contributed by atoms with Crippen molar-refractivity contribution in [3.8, 4) is 0 Å². The highest BCUT2D eigenvalue weighted by atomic mass is 79.9. The highest BCUT2D eigenvalue weighted by Crippen LogP contribution is 2.26. The fraction of sp³-hybridized carbons (Fsp3) is 0.235. The Bertz CT molecular complexity index is 1010. The van der Waals surface area contributed by atoms with Crippen LogP contribution in [-0.4, -0.2) is 31.4 Å². The lowest BCUT2D eigenvalue weighted by Crippen LogP contribution is -2.17. The molecule has 9 heteroatoms. The van der Waals surface area contributed by atoms with Crippen LogP contribution in [0.3, 0.4) is 0 Å². The van der Waals surface area contributed by atoms with Crippen molar-refractivity contribution < 1.29 is 9.59 Å². The average molecular weight is 417 g/mol. The number of aryl methyl sites for hydroxylation is 2. The fourth-order valence-corrected chi connectivity index (χ4v) is 2.90. The Kier molecular flexibility index (Phi) is 4.99. The molecule has 8 nitrogen and oxygen atoms in total. The lowest BCUT2D eigenvalue weighted by Gasteiger charge is -2.11. The lowest BCUT2D eigenvalue weighted by molar-refractivity contribution is -0.116. The third-order valence-electron chi connectivity index (χ3n) is 3.55. The molecular weight excluding hydrogens is 400 g/mol. The number of aromatic nitrogens is 4. The topological polar surface area (TPSA) is 101 Å². The van der Waals surface area contributed by atoms with Gasteiger partial charge in [-0.2, -0.15) is 4.98 Å². The van der Waals surface area contributed by atoms with Crippen LogP contribution < -0.4 is 10.6 Å². The first-order valence-electron chi connectivity index (χ1n) is 7.88. The Morgan fingerprint density at radius 1 is 1.12 bits per heavy atom. The van der Waals surface area contributed by atoms with Crippen LogP contribution in [0.4, 0.5) is 11.4 Å². The molecule has 2 N–H and O–H groups in total. The number of rotatable bonds is 4. The summed E-state index contributed by atoms with van der Waals surface area (Å²) in [6, 6.07) is 7.10. The molecular formula is C17H17BrN6O2. The van der Waals surface area contributed by atoms with Gasteiger partial charge in [-0.3, -0.25) is 9.59 Å². The van der Waals surface area contributed by atoms with Gasteiger partial charge >= 0.3 is 0 Å². The molecule has 0 bridgehead atoms. The maximum Gasteiger partial charge on any atom is 0.252 e. The van der Waals surface area contributed by atoms with E-state index in [1.165, 1.54) is 6.92 Å².